The van der Waals surface area contributed by atoms with Gasteiger partial charge in [0.1, 0.15) is 0 Å². The van der Waals surface area contributed by atoms with Crippen LogP contribution in [0.15, 0.2) is 82.6 Å². The molecule has 3 rings (SSSR count). The lowest BCUT2D eigenvalue weighted by molar-refractivity contribution is -0.115. The van der Waals surface area contributed by atoms with E-state index in [-0.39, 0.29) is 10.8 Å². The van der Waals surface area contributed by atoms with Crippen LogP contribution in [-0.4, -0.2) is 20.1 Å². The normalized spacial score (nSPS) is 11.1. The maximum atomic E-state index is 12.5. The van der Waals surface area contributed by atoms with Crippen LogP contribution in [0, 0.1) is 13.8 Å². The minimum Gasteiger partial charge on any atom is -0.326 e. The van der Waals surface area contributed by atoms with Crippen molar-refractivity contribution in [2.45, 2.75) is 30.1 Å². The SMILES string of the molecule is Cc1ccc(NS(=O)(=O)c2ccc(NC(=O)CCSc3ccc(C)cc3)cc2)cc1. The molecule has 0 saturated heterocycles. The molecule has 0 aliphatic heterocycles. The summed E-state index contributed by atoms with van der Waals surface area (Å²) in [5.74, 6) is 0.560. The number of thioether (sulfide) groups is 1. The Morgan fingerprint density at radius 2 is 1.33 bits per heavy atom. The number of hydrogen-bond acceptors (Lipinski definition) is 4. The summed E-state index contributed by atoms with van der Waals surface area (Å²) in [6, 6.07) is 21.4. The van der Waals surface area contributed by atoms with E-state index in [1.807, 2.05) is 50.2 Å². The Labute approximate surface area is 182 Å². The number of hydrogen-bond donors (Lipinski definition) is 2. The fourth-order valence-electron chi connectivity index (χ4n) is 2.67. The molecule has 3 aromatic rings. The Bertz CT molecular complexity index is 1090. The van der Waals surface area contributed by atoms with Crippen LogP contribution in [0.3, 0.4) is 0 Å². The van der Waals surface area contributed by atoms with Gasteiger partial charge in [0.25, 0.3) is 10.0 Å². The minimum atomic E-state index is -3.69. The molecule has 7 heteroatoms. The van der Waals surface area contributed by atoms with Crippen molar-refractivity contribution in [3.05, 3.63) is 83.9 Å². The fraction of sp³-hybridized carbons (Fsp3) is 0.174. The molecular weight excluding hydrogens is 416 g/mol. The Morgan fingerprint density at radius 1 is 0.800 bits per heavy atom. The van der Waals surface area contributed by atoms with Gasteiger partial charge in [0, 0.05) is 28.4 Å². The first-order chi connectivity index (χ1) is 14.3. The minimum absolute atomic E-state index is 0.108. The number of carbonyl (C=O) groups is 1. The third-order valence-corrected chi connectivity index (χ3v) is 6.78. The molecule has 0 fully saturated rings. The summed E-state index contributed by atoms with van der Waals surface area (Å²) < 4.78 is 27.6. The number of aryl methyl sites for hydroxylation is 2. The highest BCUT2D eigenvalue weighted by atomic mass is 32.2. The second kappa shape index (κ2) is 9.82. The van der Waals surface area contributed by atoms with Crippen LogP contribution in [0.2, 0.25) is 0 Å². The molecule has 0 radical (unpaired) electrons. The molecule has 1 amide bonds. The highest BCUT2D eigenvalue weighted by Gasteiger charge is 2.14. The maximum absolute atomic E-state index is 12.5. The Morgan fingerprint density at radius 3 is 1.93 bits per heavy atom. The molecule has 0 atom stereocenters. The zero-order chi connectivity index (χ0) is 21.6. The van der Waals surface area contributed by atoms with Gasteiger partial charge < -0.3 is 5.32 Å². The first-order valence-corrected chi connectivity index (χ1v) is 12.0. The summed E-state index contributed by atoms with van der Waals surface area (Å²) >= 11 is 1.63. The summed E-state index contributed by atoms with van der Waals surface area (Å²) in [4.78, 5) is 13.4. The lowest BCUT2D eigenvalue weighted by Crippen LogP contribution is -2.14. The van der Waals surface area contributed by atoms with E-state index >= 15 is 0 Å². The van der Waals surface area contributed by atoms with Gasteiger partial charge in [-0.05, 0) is 62.4 Å². The monoisotopic (exact) mass is 440 g/mol. The van der Waals surface area contributed by atoms with Gasteiger partial charge >= 0.3 is 0 Å². The summed E-state index contributed by atoms with van der Waals surface area (Å²) in [5, 5.41) is 2.80. The summed E-state index contributed by atoms with van der Waals surface area (Å²) in [6.07, 6.45) is 0.369. The van der Waals surface area contributed by atoms with E-state index < -0.39 is 10.0 Å². The van der Waals surface area contributed by atoms with E-state index in [9.17, 15) is 13.2 Å². The quantitative estimate of drug-likeness (QED) is 0.471. The summed E-state index contributed by atoms with van der Waals surface area (Å²) in [7, 11) is -3.69. The first-order valence-electron chi connectivity index (χ1n) is 9.51. The van der Waals surface area contributed by atoms with Crippen molar-refractivity contribution in [2.24, 2.45) is 0 Å². The summed E-state index contributed by atoms with van der Waals surface area (Å²) in [5.41, 5.74) is 3.32. The van der Waals surface area contributed by atoms with Crippen LogP contribution in [-0.2, 0) is 14.8 Å². The fourth-order valence-corrected chi connectivity index (χ4v) is 4.58. The van der Waals surface area contributed by atoms with Gasteiger partial charge in [-0.3, -0.25) is 9.52 Å². The average molecular weight is 441 g/mol. The van der Waals surface area contributed by atoms with E-state index in [1.165, 1.54) is 17.7 Å². The molecule has 0 spiro atoms. The van der Waals surface area contributed by atoms with Crippen LogP contribution < -0.4 is 10.0 Å². The lowest BCUT2D eigenvalue weighted by Gasteiger charge is -2.10. The van der Waals surface area contributed by atoms with Crippen molar-refractivity contribution in [3.8, 4) is 0 Å². The zero-order valence-electron chi connectivity index (χ0n) is 16.9. The van der Waals surface area contributed by atoms with E-state index in [2.05, 4.69) is 10.0 Å². The molecule has 0 heterocycles. The molecule has 156 valence electrons. The van der Waals surface area contributed by atoms with Crippen LogP contribution >= 0.6 is 11.8 Å². The van der Waals surface area contributed by atoms with Crippen molar-refractivity contribution in [3.63, 3.8) is 0 Å². The molecule has 0 bridgehead atoms. The number of benzene rings is 3. The second-order valence-electron chi connectivity index (χ2n) is 6.96. The molecule has 0 aliphatic carbocycles. The van der Waals surface area contributed by atoms with Gasteiger partial charge in [0.15, 0.2) is 0 Å². The van der Waals surface area contributed by atoms with Crippen molar-refractivity contribution in [1.82, 2.24) is 0 Å². The lowest BCUT2D eigenvalue weighted by atomic mass is 10.2. The number of rotatable bonds is 8. The molecular formula is C23H24N2O3S2. The third-order valence-electron chi connectivity index (χ3n) is 4.37. The van der Waals surface area contributed by atoms with Crippen LogP contribution in [0.25, 0.3) is 0 Å². The number of carbonyl (C=O) groups excluding carboxylic acids is 1. The molecule has 5 nitrogen and oxygen atoms in total. The largest absolute Gasteiger partial charge is 0.326 e. The Kier molecular flexibility index (Phi) is 7.18. The van der Waals surface area contributed by atoms with Gasteiger partial charge in [0.2, 0.25) is 5.91 Å². The van der Waals surface area contributed by atoms with Crippen molar-refractivity contribution < 1.29 is 13.2 Å². The van der Waals surface area contributed by atoms with Crippen LogP contribution in [0.5, 0.6) is 0 Å². The van der Waals surface area contributed by atoms with Crippen LogP contribution in [0.1, 0.15) is 17.5 Å². The van der Waals surface area contributed by atoms with Gasteiger partial charge in [-0.25, -0.2) is 8.42 Å². The molecule has 0 aromatic heterocycles. The predicted octanol–water partition coefficient (Wildman–Crippen LogP) is 5.23. The predicted molar refractivity (Wildman–Crippen MR) is 124 cm³/mol. The van der Waals surface area contributed by atoms with Gasteiger partial charge in [-0.15, -0.1) is 11.8 Å². The molecule has 3 aromatic carbocycles. The standard InChI is InChI=1S/C23H24N2O3S2/c1-17-3-7-20(8-4-17)25-30(27,28)22-13-9-19(10-14-22)24-23(26)15-16-29-21-11-5-18(2)6-12-21/h3-14,25H,15-16H2,1-2H3,(H,24,26). The second-order valence-corrected chi connectivity index (χ2v) is 9.81. The van der Waals surface area contributed by atoms with E-state index in [0.29, 0.717) is 23.5 Å². The maximum Gasteiger partial charge on any atom is 0.261 e. The highest BCUT2D eigenvalue weighted by molar-refractivity contribution is 7.99. The van der Waals surface area contributed by atoms with Crippen LogP contribution in [0.4, 0.5) is 11.4 Å². The molecule has 0 aliphatic rings. The molecule has 0 unspecified atom stereocenters. The number of anilines is 2. The first kappa shape index (κ1) is 21.9. The van der Waals surface area contributed by atoms with E-state index in [1.54, 1.807) is 36.0 Å². The van der Waals surface area contributed by atoms with Gasteiger partial charge in [-0.1, -0.05) is 35.4 Å². The number of sulfonamides is 1. The number of amides is 1. The average Bonchev–Trinajstić information content (AvgIpc) is 2.71. The van der Waals surface area contributed by atoms with Gasteiger partial charge in [0.05, 0.1) is 4.90 Å². The zero-order valence-corrected chi connectivity index (χ0v) is 18.5. The molecule has 30 heavy (non-hydrogen) atoms. The van der Waals surface area contributed by atoms with Crippen molar-refractivity contribution in [2.75, 3.05) is 15.8 Å². The van der Waals surface area contributed by atoms with Crippen molar-refractivity contribution in [1.29, 1.82) is 0 Å². The van der Waals surface area contributed by atoms with E-state index in [4.69, 9.17) is 0 Å². The molecule has 0 saturated carbocycles. The van der Waals surface area contributed by atoms with Gasteiger partial charge in [-0.2, -0.15) is 0 Å². The third kappa shape index (κ3) is 6.37. The summed E-state index contributed by atoms with van der Waals surface area (Å²) in [6.45, 7) is 3.98. The Balaban J connectivity index is 1.52. The highest BCUT2D eigenvalue weighted by Crippen LogP contribution is 2.21. The molecule has 2 N–H and O–H groups in total. The van der Waals surface area contributed by atoms with E-state index in [0.717, 1.165) is 10.5 Å². The smallest absolute Gasteiger partial charge is 0.261 e. The number of nitrogens with one attached hydrogen (secondary N) is 2. The Hall–Kier alpha value is -2.77. The van der Waals surface area contributed by atoms with Crippen molar-refractivity contribution >= 4 is 39.1 Å². The topological polar surface area (TPSA) is 75.3 Å².